The van der Waals surface area contributed by atoms with Crippen LogP contribution in [-0.2, 0) is 22.1 Å². The molecule has 3 aromatic rings. The predicted octanol–water partition coefficient (Wildman–Crippen LogP) is 4.43. The lowest BCUT2D eigenvalue weighted by Crippen LogP contribution is -2.31. The Morgan fingerprint density at radius 1 is 1.06 bits per heavy atom. The Bertz CT molecular complexity index is 1230. The number of nitrogens with one attached hydrogen (secondary N) is 1. The first-order valence-electron chi connectivity index (χ1n) is 10.5. The monoisotopic (exact) mass is 482 g/mol. The summed E-state index contributed by atoms with van der Waals surface area (Å²) in [7, 11) is 0.0315. The number of carbonyl (C=O) groups excluding carboxylic acids is 2. The Balaban J connectivity index is 1.76. The highest BCUT2D eigenvalue weighted by molar-refractivity contribution is 7.85. The minimum atomic E-state index is -1.58. The highest BCUT2D eigenvalue weighted by Crippen LogP contribution is 2.36. The van der Waals surface area contributed by atoms with Crippen LogP contribution in [0.1, 0.15) is 32.7 Å². The second-order valence-corrected chi connectivity index (χ2v) is 9.42. The fourth-order valence-electron chi connectivity index (χ4n) is 3.70. The molecule has 0 fully saturated rings. The summed E-state index contributed by atoms with van der Waals surface area (Å²) in [6.45, 7) is 1.23. The van der Waals surface area contributed by atoms with E-state index in [4.69, 9.17) is 16.3 Å². The summed E-state index contributed by atoms with van der Waals surface area (Å²) in [6.07, 6.45) is 0.686. The van der Waals surface area contributed by atoms with E-state index in [0.717, 1.165) is 5.56 Å². The fraction of sp³-hybridized carbons (Fsp3) is 0.200. The molecule has 3 aromatic carbocycles. The maximum atomic E-state index is 13.6. The first-order chi connectivity index (χ1) is 16.0. The Kier molecular flexibility index (Phi) is 7.23. The maximum absolute atomic E-state index is 13.6. The van der Waals surface area contributed by atoms with Crippen molar-refractivity contribution in [2.75, 3.05) is 25.2 Å². The Morgan fingerprint density at radius 2 is 1.88 bits per heavy atom. The van der Waals surface area contributed by atoms with E-state index >= 15 is 0 Å². The van der Waals surface area contributed by atoms with Crippen molar-refractivity contribution in [3.05, 3.63) is 88.4 Å². The number of fused-ring (bicyclic) bond motifs is 2. The van der Waals surface area contributed by atoms with E-state index in [1.54, 1.807) is 66.6 Å². The zero-order valence-corrected chi connectivity index (χ0v) is 19.6. The summed E-state index contributed by atoms with van der Waals surface area (Å²) in [6, 6.07) is 19.1. The summed E-state index contributed by atoms with van der Waals surface area (Å²) in [4.78, 5) is 28.8. The molecule has 1 N–H and O–H groups in total. The summed E-state index contributed by atoms with van der Waals surface area (Å²) < 4.78 is 18.5. The first-order valence-corrected chi connectivity index (χ1v) is 12.0. The SMILES string of the molecule is COCCCNC(=O)c1ccc2c(c1)N(Cc1cccc(Cl)c1)C(=O)c1ccccc1[S@@]2=O. The number of anilines is 1. The van der Waals surface area contributed by atoms with Crippen LogP contribution in [0.3, 0.4) is 0 Å². The van der Waals surface area contributed by atoms with Crippen molar-refractivity contribution in [2.24, 2.45) is 0 Å². The second kappa shape index (κ2) is 10.3. The Labute approximate surface area is 200 Å². The molecule has 0 unspecified atom stereocenters. The van der Waals surface area contributed by atoms with Gasteiger partial charge in [0.15, 0.2) is 0 Å². The van der Waals surface area contributed by atoms with Gasteiger partial charge in [0.25, 0.3) is 11.8 Å². The third-order valence-electron chi connectivity index (χ3n) is 5.31. The number of methoxy groups -OCH3 is 1. The van der Waals surface area contributed by atoms with Gasteiger partial charge in [0.2, 0.25) is 0 Å². The van der Waals surface area contributed by atoms with Crippen molar-refractivity contribution < 1.29 is 18.5 Å². The molecule has 6 nitrogen and oxygen atoms in total. The van der Waals surface area contributed by atoms with Crippen LogP contribution in [0.5, 0.6) is 0 Å². The van der Waals surface area contributed by atoms with Gasteiger partial charge in [0.1, 0.15) is 0 Å². The third-order valence-corrected chi connectivity index (χ3v) is 7.05. The van der Waals surface area contributed by atoms with E-state index in [2.05, 4.69) is 5.32 Å². The molecular formula is C25H23ClN2O4S. The zero-order chi connectivity index (χ0) is 23.4. The molecule has 0 aliphatic carbocycles. The summed E-state index contributed by atoms with van der Waals surface area (Å²) >= 11 is 6.16. The Hall–Kier alpha value is -3.00. The topological polar surface area (TPSA) is 75.7 Å². The normalized spacial score (nSPS) is 14.9. The number of carbonyl (C=O) groups is 2. The number of rotatable bonds is 7. The quantitative estimate of drug-likeness (QED) is 0.505. The van der Waals surface area contributed by atoms with E-state index in [9.17, 15) is 13.8 Å². The molecule has 1 heterocycles. The van der Waals surface area contributed by atoms with Gasteiger partial charge in [-0.3, -0.25) is 9.59 Å². The largest absolute Gasteiger partial charge is 0.385 e. The molecular weight excluding hydrogens is 460 g/mol. The number of nitrogens with zero attached hydrogens (tertiary/aromatic N) is 1. The average molecular weight is 483 g/mol. The van der Waals surface area contributed by atoms with Crippen LogP contribution in [0.2, 0.25) is 5.02 Å². The van der Waals surface area contributed by atoms with E-state index in [-0.39, 0.29) is 18.4 Å². The highest BCUT2D eigenvalue weighted by atomic mass is 35.5. The molecule has 0 saturated carbocycles. The van der Waals surface area contributed by atoms with Gasteiger partial charge in [-0.25, -0.2) is 4.21 Å². The van der Waals surface area contributed by atoms with E-state index < -0.39 is 10.8 Å². The van der Waals surface area contributed by atoms with Crippen LogP contribution in [0, 0.1) is 0 Å². The molecule has 2 amide bonds. The molecule has 0 saturated heterocycles. The van der Waals surface area contributed by atoms with Crippen LogP contribution in [0.25, 0.3) is 0 Å². The van der Waals surface area contributed by atoms with E-state index in [1.807, 2.05) is 12.1 Å². The fourth-order valence-corrected chi connectivity index (χ4v) is 5.26. The lowest BCUT2D eigenvalue weighted by atomic mass is 10.1. The molecule has 33 heavy (non-hydrogen) atoms. The van der Waals surface area contributed by atoms with Crippen molar-refractivity contribution in [3.8, 4) is 0 Å². The van der Waals surface area contributed by atoms with Crippen molar-refractivity contribution >= 4 is 39.9 Å². The van der Waals surface area contributed by atoms with Crippen LogP contribution in [0.4, 0.5) is 5.69 Å². The van der Waals surface area contributed by atoms with Gasteiger partial charge in [0, 0.05) is 30.8 Å². The summed E-state index contributed by atoms with van der Waals surface area (Å²) in [5, 5.41) is 3.41. The Morgan fingerprint density at radius 3 is 2.67 bits per heavy atom. The molecule has 170 valence electrons. The predicted molar refractivity (Wildman–Crippen MR) is 128 cm³/mol. The van der Waals surface area contributed by atoms with Gasteiger partial charge in [-0.2, -0.15) is 0 Å². The van der Waals surface area contributed by atoms with Crippen LogP contribution in [0.15, 0.2) is 76.5 Å². The number of amides is 2. The standard InChI is InChI=1S/C25H23ClN2O4S/c1-32-13-5-12-27-24(29)18-10-11-23-21(15-18)28(16-17-6-4-7-19(26)14-17)25(30)20-8-2-3-9-22(20)33(23)31/h2-4,6-11,14-15H,5,12-13,16H2,1H3,(H,27,29)/t33-/m0/s1. The summed E-state index contributed by atoms with van der Waals surface area (Å²) in [5.41, 5.74) is 2.03. The summed E-state index contributed by atoms with van der Waals surface area (Å²) in [5.74, 6) is -0.549. The van der Waals surface area contributed by atoms with E-state index in [0.29, 0.717) is 51.2 Å². The van der Waals surface area contributed by atoms with Gasteiger partial charge in [-0.05, 0) is 54.4 Å². The third kappa shape index (κ3) is 5.00. The van der Waals surface area contributed by atoms with Gasteiger partial charge < -0.3 is 15.0 Å². The second-order valence-electron chi connectivity index (χ2n) is 7.57. The molecule has 1 aliphatic heterocycles. The van der Waals surface area contributed by atoms with E-state index in [1.165, 1.54) is 0 Å². The van der Waals surface area contributed by atoms with Crippen molar-refractivity contribution in [3.63, 3.8) is 0 Å². The van der Waals surface area contributed by atoms with Gasteiger partial charge in [-0.15, -0.1) is 0 Å². The number of halogens is 1. The van der Waals surface area contributed by atoms with Crippen LogP contribution in [-0.4, -0.2) is 36.3 Å². The molecule has 0 spiro atoms. The van der Waals surface area contributed by atoms with Gasteiger partial charge >= 0.3 is 0 Å². The number of ether oxygens (including phenoxy) is 1. The number of hydrogen-bond donors (Lipinski definition) is 1. The lowest BCUT2D eigenvalue weighted by molar-refractivity contribution is 0.0945. The smallest absolute Gasteiger partial charge is 0.259 e. The minimum Gasteiger partial charge on any atom is -0.385 e. The van der Waals surface area contributed by atoms with Gasteiger partial charge in [0.05, 0.1) is 38.4 Å². The minimum absolute atomic E-state index is 0.219. The average Bonchev–Trinajstić information content (AvgIpc) is 2.91. The van der Waals surface area contributed by atoms with Crippen LogP contribution < -0.4 is 10.2 Å². The van der Waals surface area contributed by atoms with Gasteiger partial charge in [-0.1, -0.05) is 35.9 Å². The molecule has 1 aliphatic rings. The molecule has 0 radical (unpaired) electrons. The number of hydrogen-bond acceptors (Lipinski definition) is 4. The van der Waals surface area contributed by atoms with Crippen molar-refractivity contribution in [1.29, 1.82) is 0 Å². The van der Waals surface area contributed by atoms with Crippen LogP contribution >= 0.6 is 11.6 Å². The molecule has 4 rings (SSSR count). The molecule has 0 aromatic heterocycles. The number of benzene rings is 3. The first kappa shape index (κ1) is 23.2. The molecule has 8 heteroatoms. The maximum Gasteiger partial charge on any atom is 0.259 e. The molecule has 1 atom stereocenters. The lowest BCUT2D eigenvalue weighted by Gasteiger charge is -2.23. The molecule has 0 bridgehead atoms. The highest BCUT2D eigenvalue weighted by Gasteiger charge is 2.31. The van der Waals surface area contributed by atoms with Crippen molar-refractivity contribution in [1.82, 2.24) is 5.32 Å². The zero-order valence-electron chi connectivity index (χ0n) is 18.0. The van der Waals surface area contributed by atoms with Crippen molar-refractivity contribution in [2.45, 2.75) is 22.8 Å².